The molecule has 28 heavy (non-hydrogen) atoms. The van der Waals surface area contributed by atoms with Gasteiger partial charge in [0.05, 0.1) is 12.5 Å². The number of nitrogens with zero attached hydrogens (tertiary/aromatic N) is 2. The Hall–Kier alpha value is -2.19. The minimum Gasteiger partial charge on any atom is -0.385 e. The van der Waals surface area contributed by atoms with Crippen molar-refractivity contribution in [3.8, 4) is 0 Å². The van der Waals surface area contributed by atoms with E-state index in [1.165, 1.54) is 4.90 Å². The molecule has 7 nitrogen and oxygen atoms in total. The van der Waals surface area contributed by atoms with Crippen molar-refractivity contribution in [2.45, 2.75) is 32.7 Å². The summed E-state index contributed by atoms with van der Waals surface area (Å²) in [5.74, 6) is -0.936. The molecule has 1 atom stereocenters. The third kappa shape index (κ3) is 5.65. The van der Waals surface area contributed by atoms with Crippen LogP contribution in [0.25, 0.3) is 0 Å². The molecule has 1 unspecified atom stereocenters. The van der Waals surface area contributed by atoms with Crippen molar-refractivity contribution in [2.75, 3.05) is 34.4 Å². The van der Waals surface area contributed by atoms with Gasteiger partial charge in [-0.1, -0.05) is 6.07 Å². The highest BCUT2D eigenvalue weighted by Crippen LogP contribution is 2.30. The predicted octanol–water partition coefficient (Wildman–Crippen LogP) is 2.00. The third-order valence-electron chi connectivity index (χ3n) is 4.77. The number of thiophene rings is 1. The first-order valence-electron chi connectivity index (χ1n) is 9.36. The lowest BCUT2D eigenvalue weighted by Gasteiger charge is -2.35. The maximum atomic E-state index is 13.0. The number of nitrogens with one attached hydrogen (secondary N) is 1. The number of ether oxygens (including phenoxy) is 1. The molecular weight excluding hydrogens is 378 g/mol. The monoisotopic (exact) mass is 407 g/mol. The predicted molar refractivity (Wildman–Crippen MR) is 108 cm³/mol. The zero-order valence-electron chi connectivity index (χ0n) is 17.0. The fraction of sp³-hybridized carbons (Fsp3) is 0.550. The van der Waals surface area contributed by atoms with Crippen LogP contribution in [0.3, 0.4) is 0 Å². The van der Waals surface area contributed by atoms with E-state index in [1.54, 1.807) is 44.4 Å². The van der Waals surface area contributed by atoms with Gasteiger partial charge in [0.1, 0.15) is 0 Å². The molecule has 0 fully saturated rings. The number of carbonyl (C=O) groups excluding carboxylic acids is 3. The number of likely N-dealkylation sites (N-methyl/N-ethyl adjacent to an activating group) is 1. The van der Waals surface area contributed by atoms with Gasteiger partial charge in [0.15, 0.2) is 0 Å². The molecule has 2 heterocycles. The van der Waals surface area contributed by atoms with Crippen molar-refractivity contribution in [3.63, 3.8) is 0 Å². The van der Waals surface area contributed by atoms with Crippen LogP contribution in [0.15, 0.2) is 28.8 Å². The van der Waals surface area contributed by atoms with Gasteiger partial charge in [0, 0.05) is 56.9 Å². The standard InChI is InChI=1S/C20H29N3O4S/c1-14-17(20(26)22(2)3)11-15(19(25)23(14)8-6-9-27-4)12-18(24)21-13-16-7-5-10-28-16/h5,7,10,15H,6,8-9,11-13H2,1-4H3,(H,21,24). The first-order valence-corrected chi connectivity index (χ1v) is 10.2. The zero-order chi connectivity index (χ0) is 20.7. The maximum Gasteiger partial charge on any atom is 0.251 e. The molecule has 1 aromatic rings. The van der Waals surface area contributed by atoms with Crippen LogP contribution in [-0.2, 0) is 25.7 Å². The highest BCUT2D eigenvalue weighted by atomic mass is 32.1. The first kappa shape index (κ1) is 22.1. The largest absolute Gasteiger partial charge is 0.385 e. The summed E-state index contributed by atoms with van der Waals surface area (Å²) in [4.78, 5) is 42.2. The van der Waals surface area contributed by atoms with Gasteiger partial charge >= 0.3 is 0 Å². The molecule has 0 radical (unpaired) electrons. The Morgan fingerprint density at radius 3 is 2.75 bits per heavy atom. The molecule has 0 aliphatic carbocycles. The first-order chi connectivity index (χ1) is 13.3. The van der Waals surface area contributed by atoms with Gasteiger partial charge in [-0.2, -0.15) is 0 Å². The summed E-state index contributed by atoms with van der Waals surface area (Å²) in [7, 11) is 5.00. The van der Waals surface area contributed by atoms with Crippen LogP contribution in [0.5, 0.6) is 0 Å². The van der Waals surface area contributed by atoms with Crippen molar-refractivity contribution >= 4 is 29.1 Å². The quantitative estimate of drug-likeness (QED) is 0.635. The fourth-order valence-corrected chi connectivity index (χ4v) is 3.89. The fourth-order valence-electron chi connectivity index (χ4n) is 3.24. The molecule has 154 valence electrons. The van der Waals surface area contributed by atoms with Crippen LogP contribution in [0.4, 0.5) is 0 Å². The Morgan fingerprint density at radius 1 is 1.39 bits per heavy atom. The molecule has 2 rings (SSSR count). The van der Waals surface area contributed by atoms with Gasteiger partial charge in [-0.15, -0.1) is 11.3 Å². The second-order valence-electron chi connectivity index (χ2n) is 7.06. The molecule has 8 heteroatoms. The summed E-state index contributed by atoms with van der Waals surface area (Å²) >= 11 is 1.57. The molecule has 1 aliphatic heterocycles. The number of hydrogen-bond acceptors (Lipinski definition) is 5. The van der Waals surface area contributed by atoms with Gasteiger partial charge in [0.25, 0.3) is 5.91 Å². The summed E-state index contributed by atoms with van der Waals surface area (Å²) in [5, 5.41) is 4.82. The Kier molecular flexibility index (Phi) is 8.19. The van der Waals surface area contributed by atoms with Gasteiger partial charge in [-0.3, -0.25) is 14.4 Å². The van der Waals surface area contributed by atoms with Gasteiger partial charge in [-0.25, -0.2) is 0 Å². The van der Waals surface area contributed by atoms with Crippen LogP contribution >= 0.6 is 11.3 Å². The van der Waals surface area contributed by atoms with Crippen LogP contribution in [0.1, 0.15) is 31.1 Å². The highest BCUT2D eigenvalue weighted by molar-refractivity contribution is 7.09. The Labute approximate surface area is 170 Å². The Morgan fingerprint density at radius 2 is 2.14 bits per heavy atom. The van der Waals surface area contributed by atoms with E-state index in [0.717, 1.165) is 4.88 Å². The molecule has 3 amide bonds. The van der Waals surface area contributed by atoms with E-state index in [4.69, 9.17) is 4.74 Å². The second kappa shape index (κ2) is 10.4. The van der Waals surface area contributed by atoms with Crippen molar-refractivity contribution in [3.05, 3.63) is 33.7 Å². The number of allylic oxidation sites excluding steroid dienone is 1. The molecule has 0 saturated heterocycles. The van der Waals surface area contributed by atoms with Crippen LogP contribution in [0.2, 0.25) is 0 Å². The maximum absolute atomic E-state index is 13.0. The van der Waals surface area contributed by atoms with E-state index >= 15 is 0 Å². The van der Waals surface area contributed by atoms with Crippen molar-refractivity contribution in [1.29, 1.82) is 0 Å². The average molecular weight is 408 g/mol. The average Bonchev–Trinajstić information content (AvgIpc) is 3.18. The summed E-state index contributed by atoms with van der Waals surface area (Å²) in [6, 6.07) is 3.88. The number of methoxy groups -OCH3 is 1. The van der Waals surface area contributed by atoms with E-state index in [0.29, 0.717) is 37.4 Å². The third-order valence-corrected chi connectivity index (χ3v) is 5.65. The number of carbonyl (C=O) groups is 3. The minimum absolute atomic E-state index is 0.0719. The van der Waals surface area contributed by atoms with Gasteiger partial charge in [-0.05, 0) is 31.2 Å². The number of hydrogen-bond donors (Lipinski definition) is 1. The van der Waals surface area contributed by atoms with E-state index in [2.05, 4.69) is 5.32 Å². The smallest absolute Gasteiger partial charge is 0.251 e. The lowest BCUT2D eigenvalue weighted by atomic mass is 9.88. The van der Waals surface area contributed by atoms with Crippen LogP contribution in [0, 0.1) is 5.92 Å². The SMILES string of the molecule is COCCCN1C(=O)C(CC(=O)NCc2cccs2)CC(C(=O)N(C)C)=C1C. The number of amides is 3. The molecule has 0 aromatic carbocycles. The zero-order valence-corrected chi connectivity index (χ0v) is 17.8. The van der Waals surface area contributed by atoms with Gasteiger partial charge < -0.3 is 19.9 Å². The van der Waals surface area contributed by atoms with Crippen molar-refractivity contribution in [1.82, 2.24) is 15.1 Å². The summed E-state index contributed by atoms with van der Waals surface area (Å²) < 4.78 is 5.08. The van der Waals surface area contributed by atoms with Crippen LogP contribution < -0.4 is 5.32 Å². The van der Waals surface area contributed by atoms with Crippen molar-refractivity contribution < 1.29 is 19.1 Å². The summed E-state index contributed by atoms with van der Waals surface area (Å²) in [6.45, 7) is 3.25. The summed E-state index contributed by atoms with van der Waals surface area (Å²) in [5.41, 5.74) is 1.27. The van der Waals surface area contributed by atoms with Crippen molar-refractivity contribution in [2.24, 2.45) is 5.92 Å². The minimum atomic E-state index is -0.534. The normalized spacial score (nSPS) is 17.1. The molecular formula is C20H29N3O4S. The molecule has 1 aromatic heterocycles. The summed E-state index contributed by atoms with van der Waals surface area (Å²) in [6.07, 6.45) is 1.03. The molecule has 1 N–H and O–H groups in total. The van der Waals surface area contributed by atoms with E-state index in [9.17, 15) is 14.4 Å². The molecule has 0 saturated carbocycles. The Bertz CT molecular complexity index is 728. The highest BCUT2D eigenvalue weighted by Gasteiger charge is 2.36. The molecule has 0 bridgehead atoms. The van der Waals surface area contributed by atoms with Gasteiger partial charge in [0.2, 0.25) is 11.8 Å². The lowest BCUT2D eigenvalue weighted by molar-refractivity contribution is -0.138. The topological polar surface area (TPSA) is 79.0 Å². The molecule has 0 spiro atoms. The van der Waals surface area contributed by atoms with Crippen LogP contribution in [-0.4, -0.2) is 61.9 Å². The van der Waals surface area contributed by atoms with E-state index < -0.39 is 5.92 Å². The molecule has 1 aliphatic rings. The second-order valence-corrected chi connectivity index (χ2v) is 8.09. The van der Waals surface area contributed by atoms with E-state index in [1.807, 2.05) is 17.5 Å². The number of rotatable bonds is 9. The van der Waals surface area contributed by atoms with E-state index in [-0.39, 0.29) is 30.6 Å². The Balaban J connectivity index is 2.11. The lowest BCUT2D eigenvalue weighted by Crippen LogP contribution is -2.44.